The van der Waals surface area contributed by atoms with E-state index in [0.717, 1.165) is 19.3 Å². The standard InChI is InChI=1S/C22H26ClN3O5S/c1-31-20-9-5-6-16(22(20)28)14-24-25-21(27)15-26(18-7-3-2-4-8-18)32(29,30)19-12-10-17(23)11-13-19/h5-6,9-14,18,28H,2-4,7-8,15H2,1H3,(H,25,27). The summed E-state index contributed by atoms with van der Waals surface area (Å²) in [5.41, 5.74) is 2.70. The Bertz CT molecular complexity index is 1070. The van der Waals surface area contributed by atoms with Gasteiger partial charge < -0.3 is 9.84 Å². The van der Waals surface area contributed by atoms with Gasteiger partial charge in [-0.1, -0.05) is 36.9 Å². The molecule has 2 aromatic carbocycles. The SMILES string of the molecule is COc1cccc(C=NNC(=O)CN(C2CCCCC2)S(=O)(=O)c2ccc(Cl)cc2)c1O. The van der Waals surface area contributed by atoms with Crippen LogP contribution in [0.15, 0.2) is 52.5 Å². The van der Waals surface area contributed by atoms with Gasteiger partial charge in [-0.15, -0.1) is 0 Å². The molecule has 1 aliphatic rings. The number of halogens is 1. The maximum atomic E-state index is 13.3. The van der Waals surface area contributed by atoms with Crippen LogP contribution in [-0.2, 0) is 14.8 Å². The number of carbonyl (C=O) groups excluding carboxylic acids is 1. The number of ether oxygens (including phenoxy) is 1. The van der Waals surface area contributed by atoms with Crippen molar-refractivity contribution in [2.24, 2.45) is 5.10 Å². The molecule has 1 aliphatic carbocycles. The van der Waals surface area contributed by atoms with Gasteiger partial charge in [0.15, 0.2) is 11.5 Å². The zero-order valence-electron chi connectivity index (χ0n) is 17.7. The van der Waals surface area contributed by atoms with Gasteiger partial charge in [0.25, 0.3) is 5.91 Å². The summed E-state index contributed by atoms with van der Waals surface area (Å²) >= 11 is 5.90. The van der Waals surface area contributed by atoms with Crippen LogP contribution < -0.4 is 10.2 Å². The predicted octanol–water partition coefficient (Wildman–Crippen LogP) is 3.53. The minimum absolute atomic E-state index is 0.0880. The molecule has 10 heteroatoms. The van der Waals surface area contributed by atoms with Crippen molar-refractivity contribution in [1.29, 1.82) is 0 Å². The largest absolute Gasteiger partial charge is 0.504 e. The van der Waals surface area contributed by atoms with E-state index in [-0.39, 0.29) is 29.0 Å². The molecular weight excluding hydrogens is 454 g/mol. The number of aromatic hydroxyl groups is 1. The summed E-state index contributed by atoms with van der Waals surface area (Å²) in [4.78, 5) is 12.7. The van der Waals surface area contributed by atoms with Gasteiger partial charge in [-0.2, -0.15) is 9.41 Å². The molecule has 1 saturated carbocycles. The summed E-state index contributed by atoms with van der Waals surface area (Å²) < 4.78 is 32.9. The van der Waals surface area contributed by atoms with Crippen molar-refractivity contribution >= 4 is 33.7 Å². The zero-order chi connectivity index (χ0) is 23.1. The van der Waals surface area contributed by atoms with Crippen LogP contribution in [0.4, 0.5) is 0 Å². The van der Waals surface area contributed by atoms with E-state index >= 15 is 0 Å². The monoisotopic (exact) mass is 479 g/mol. The van der Waals surface area contributed by atoms with Gasteiger partial charge in [-0.05, 0) is 49.2 Å². The maximum absolute atomic E-state index is 13.3. The number of hydrazone groups is 1. The average Bonchev–Trinajstić information content (AvgIpc) is 2.79. The Labute approximate surface area is 192 Å². The number of hydrogen-bond acceptors (Lipinski definition) is 6. The number of methoxy groups -OCH3 is 1. The quantitative estimate of drug-likeness (QED) is 0.444. The molecule has 2 aromatic rings. The number of para-hydroxylation sites is 1. The number of amides is 1. The highest BCUT2D eigenvalue weighted by Gasteiger charge is 2.33. The smallest absolute Gasteiger partial charge is 0.255 e. The zero-order valence-corrected chi connectivity index (χ0v) is 19.3. The number of benzene rings is 2. The molecule has 172 valence electrons. The van der Waals surface area contributed by atoms with Crippen LogP contribution in [0.25, 0.3) is 0 Å². The second-order valence-electron chi connectivity index (χ2n) is 7.49. The van der Waals surface area contributed by atoms with Gasteiger partial charge in [0.05, 0.1) is 24.8 Å². The highest BCUT2D eigenvalue weighted by Crippen LogP contribution is 2.29. The molecule has 0 saturated heterocycles. The molecule has 32 heavy (non-hydrogen) atoms. The highest BCUT2D eigenvalue weighted by molar-refractivity contribution is 7.89. The first kappa shape index (κ1) is 24.0. The van der Waals surface area contributed by atoms with Gasteiger partial charge in [0.1, 0.15) is 0 Å². The van der Waals surface area contributed by atoms with Crippen molar-refractivity contribution in [3.8, 4) is 11.5 Å². The molecule has 0 atom stereocenters. The third-order valence-corrected chi connectivity index (χ3v) is 7.51. The Morgan fingerprint density at radius 1 is 1.22 bits per heavy atom. The van der Waals surface area contributed by atoms with Gasteiger partial charge in [0, 0.05) is 16.6 Å². The molecule has 3 rings (SSSR count). The first-order chi connectivity index (χ1) is 15.3. The summed E-state index contributed by atoms with van der Waals surface area (Å²) in [5.74, 6) is -0.410. The minimum Gasteiger partial charge on any atom is -0.504 e. The molecule has 0 bridgehead atoms. The number of nitrogens with one attached hydrogen (secondary N) is 1. The lowest BCUT2D eigenvalue weighted by atomic mass is 9.95. The Morgan fingerprint density at radius 3 is 2.56 bits per heavy atom. The van der Waals surface area contributed by atoms with Crippen molar-refractivity contribution in [2.75, 3.05) is 13.7 Å². The fraction of sp³-hybridized carbons (Fsp3) is 0.364. The molecule has 2 N–H and O–H groups in total. The van der Waals surface area contributed by atoms with E-state index in [1.54, 1.807) is 18.2 Å². The lowest BCUT2D eigenvalue weighted by molar-refractivity contribution is -0.121. The number of sulfonamides is 1. The molecule has 0 aromatic heterocycles. The number of carbonyl (C=O) groups is 1. The summed E-state index contributed by atoms with van der Waals surface area (Å²) in [6.07, 6.45) is 5.53. The third-order valence-electron chi connectivity index (χ3n) is 5.34. The lowest BCUT2D eigenvalue weighted by Crippen LogP contribution is -2.46. The summed E-state index contributed by atoms with van der Waals surface area (Å²) in [6.45, 7) is -0.364. The van der Waals surface area contributed by atoms with Crippen molar-refractivity contribution in [1.82, 2.24) is 9.73 Å². The van der Waals surface area contributed by atoms with E-state index in [9.17, 15) is 18.3 Å². The Kier molecular flexibility index (Phi) is 8.11. The minimum atomic E-state index is -3.90. The van der Waals surface area contributed by atoms with Crippen molar-refractivity contribution < 1.29 is 23.1 Å². The van der Waals surface area contributed by atoms with E-state index in [1.807, 2.05) is 0 Å². The fourth-order valence-corrected chi connectivity index (χ4v) is 5.45. The Balaban J connectivity index is 1.76. The van der Waals surface area contributed by atoms with Crippen LogP contribution in [0.2, 0.25) is 5.02 Å². The molecule has 0 aliphatic heterocycles. The van der Waals surface area contributed by atoms with Crippen LogP contribution in [0.3, 0.4) is 0 Å². The van der Waals surface area contributed by atoms with Crippen molar-refractivity contribution in [3.05, 3.63) is 53.1 Å². The van der Waals surface area contributed by atoms with Crippen molar-refractivity contribution in [2.45, 2.75) is 43.0 Å². The van der Waals surface area contributed by atoms with Gasteiger partial charge >= 0.3 is 0 Å². The van der Waals surface area contributed by atoms with Crippen LogP contribution >= 0.6 is 11.6 Å². The predicted molar refractivity (Wildman–Crippen MR) is 123 cm³/mol. The number of rotatable bonds is 8. The maximum Gasteiger partial charge on any atom is 0.255 e. The molecule has 0 spiro atoms. The van der Waals surface area contributed by atoms with Crippen LogP contribution in [0.5, 0.6) is 11.5 Å². The summed E-state index contributed by atoms with van der Waals surface area (Å²) in [5, 5.41) is 14.4. The number of hydrogen-bond donors (Lipinski definition) is 2. The van der Waals surface area contributed by atoms with E-state index in [1.165, 1.54) is 41.9 Å². The second kappa shape index (κ2) is 10.8. The highest BCUT2D eigenvalue weighted by atomic mass is 35.5. The normalized spacial score (nSPS) is 15.2. The third kappa shape index (κ3) is 5.79. The number of phenolic OH excluding ortho intramolecular Hbond substituents is 1. The second-order valence-corrected chi connectivity index (χ2v) is 9.81. The first-order valence-electron chi connectivity index (χ1n) is 10.3. The molecule has 0 radical (unpaired) electrons. The van der Waals surface area contributed by atoms with Gasteiger partial charge in [-0.25, -0.2) is 13.8 Å². The molecule has 1 fully saturated rings. The van der Waals surface area contributed by atoms with E-state index in [0.29, 0.717) is 23.4 Å². The first-order valence-corrected chi connectivity index (χ1v) is 12.1. The summed E-state index contributed by atoms with van der Waals surface area (Å²) in [7, 11) is -2.47. The molecule has 8 nitrogen and oxygen atoms in total. The molecule has 1 amide bonds. The van der Waals surface area contributed by atoms with E-state index in [4.69, 9.17) is 16.3 Å². The summed E-state index contributed by atoms with van der Waals surface area (Å²) in [6, 6.07) is 10.5. The van der Waals surface area contributed by atoms with Crippen LogP contribution in [0.1, 0.15) is 37.7 Å². The molecular formula is C22H26ClN3O5S. The van der Waals surface area contributed by atoms with Gasteiger partial charge in [0.2, 0.25) is 10.0 Å². The molecule has 0 heterocycles. The topological polar surface area (TPSA) is 108 Å². The Morgan fingerprint density at radius 2 is 1.91 bits per heavy atom. The number of phenols is 1. The fourth-order valence-electron chi connectivity index (χ4n) is 3.68. The lowest BCUT2D eigenvalue weighted by Gasteiger charge is -2.32. The van der Waals surface area contributed by atoms with Gasteiger partial charge in [-0.3, -0.25) is 4.79 Å². The number of nitrogens with zero attached hydrogens (tertiary/aromatic N) is 2. The average molecular weight is 480 g/mol. The van der Waals surface area contributed by atoms with Crippen molar-refractivity contribution in [3.63, 3.8) is 0 Å². The van der Waals surface area contributed by atoms with E-state index in [2.05, 4.69) is 10.5 Å². The Hall–Kier alpha value is -2.62. The van der Waals surface area contributed by atoms with Crippen LogP contribution in [0, 0.1) is 0 Å². The molecule has 0 unspecified atom stereocenters. The van der Waals surface area contributed by atoms with Crippen LogP contribution in [-0.4, -0.2) is 49.6 Å². The van der Waals surface area contributed by atoms with E-state index < -0.39 is 15.9 Å².